The highest BCUT2D eigenvalue weighted by atomic mass is 19.4. The molecular formula is C17H12F3N5. The highest BCUT2D eigenvalue weighted by Gasteiger charge is 2.30. The zero-order valence-electron chi connectivity index (χ0n) is 13.0. The molecule has 0 atom stereocenters. The zero-order valence-corrected chi connectivity index (χ0v) is 13.0. The number of hydrogen-bond donors (Lipinski definition) is 1. The minimum atomic E-state index is -4.41. The van der Waals surface area contributed by atoms with Crippen molar-refractivity contribution in [2.24, 2.45) is 7.05 Å². The lowest BCUT2D eigenvalue weighted by atomic mass is 10.0. The summed E-state index contributed by atoms with van der Waals surface area (Å²) >= 11 is 0. The Balaban J connectivity index is 1.95. The Morgan fingerprint density at radius 1 is 1.08 bits per heavy atom. The number of pyridine rings is 1. The van der Waals surface area contributed by atoms with Crippen molar-refractivity contribution >= 4 is 10.9 Å². The van der Waals surface area contributed by atoms with Gasteiger partial charge in [0.1, 0.15) is 5.69 Å². The predicted molar refractivity (Wildman–Crippen MR) is 86.5 cm³/mol. The minimum absolute atomic E-state index is 0.374. The molecule has 1 aromatic carbocycles. The van der Waals surface area contributed by atoms with E-state index in [2.05, 4.69) is 20.3 Å². The number of aromatic nitrogens is 5. The van der Waals surface area contributed by atoms with Crippen molar-refractivity contribution in [1.29, 1.82) is 0 Å². The van der Waals surface area contributed by atoms with Crippen molar-refractivity contribution in [3.05, 3.63) is 54.5 Å². The molecule has 0 fully saturated rings. The van der Waals surface area contributed by atoms with Gasteiger partial charge in [0.2, 0.25) is 0 Å². The fraction of sp³-hybridized carbons (Fsp3) is 0.118. The van der Waals surface area contributed by atoms with Gasteiger partial charge in [0.25, 0.3) is 0 Å². The Kier molecular flexibility index (Phi) is 3.34. The molecule has 8 heteroatoms. The first-order valence-electron chi connectivity index (χ1n) is 7.43. The van der Waals surface area contributed by atoms with Gasteiger partial charge in [-0.25, -0.2) is 0 Å². The molecule has 0 aliphatic heterocycles. The largest absolute Gasteiger partial charge is 0.416 e. The SMILES string of the molecule is Cn1cc(-c2nccc3[nH]nc(-c4cccc(C(F)(F)F)c4)c23)cn1. The van der Waals surface area contributed by atoms with E-state index in [4.69, 9.17) is 0 Å². The highest BCUT2D eigenvalue weighted by molar-refractivity contribution is 6.02. The Labute approximate surface area is 140 Å². The van der Waals surface area contributed by atoms with E-state index in [1.165, 1.54) is 6.07 Å². The quantitative estimate of drug-likeness (QED) is 0.597. The van der Waals surface area contributed by atoms with Crippen LogP contribution in [0.4, 0.5) is 13.2 Å². The topological polar surface area (TPSA) is 59.4 Å². The summed E-state index contributed by atoms with van der Waals surface area (Å²) in [6.45, 7) is 0. The van der Waals surface area contributed by atoms with Crippen LogP contribution in [0.15, 0.2) is 48.9 Å². The van der Waals surface area contributed by atoms with Crippen molar-refractivity contribution in [2.45, 2.75) is 6.18 Å². The van der Waals surface area contributed by atoms with Crippen molar-refractivity contribution in [2.75, 3.05) is 0 Å². The minimum Gasteiger partial charge on any atom is -0.277 e. The zero-order chi connectivity index (χ0) is 17.6. The molecule has 0 spiro atoms. The van der Waals surface area contributed by atoms with E-state index in [1.54, 1.807) is 42.5 Å². The number of fused-ring (bicyclic) bond motifs is 1. The van der Waals surface area contributed by atoms with E-state index in [9.17, 15) is 13.2 Å². The average Bonchev–Trinajstić information content (AvgIpc) is 3.20. The first-order chi connectivity index (χ1) is 11.9. The summed E-state index contributed by atoms with van der Waals surface area (Å²) < 4.78 is 40.7. The molecule has 1 N–H and O–H groups in total. The molecule has 0 radical (unpaired) electrons. The maximum Gasteiger partial charge on any atom is 0.416 e. The van der Waals surface area contributed by atoms with Crippen LogP contribution in [0.2, 0.25) is 0 Å². The third kappa shape index (κ3) is 2.65. The Hall–Kier alpha value is -3.16. The molecular weight excluding hydrogens is 331 g/mol. The molecule has 5 nitrogen and oxygen atoms in total. The molecule has 25 heavy (non-hydrogen) atoms. The second kappa shape index (κ2) is 5.44. The molecule has 3 aromatic heterocycles. The summed E-state index contributed by atoms with van der Waals surface area (Å²) in [7, 11) is 1.78. The summed E-state index contributed by atoms with van der Waals surface area (Å²) in [5.74, 6) is 0. The Morgan fingerprint density at radius 2 is 1.92 bits per heavy atom. The maximum atomic E-state index is 13.0. The monoisotopic (exact) mass is 343 g/mol. The fourth-order valence-electron chi connectivity index (χ4n) is 2.78. The van der Waals surface area contributed by atoms with Crippen LogP contribution in [0.1, 0.15) is 5.56 Å². The van der Waals surface area contributed by atoms with E-state index in [0.717, 1.165) is 17.7 Å². The number of alkyl halides is 3. The van der Waals surface area contributed by atoms with Gasteiger partial charge in [-0.3, -0.25) is 14.8 Å². The van der Waals surface area contributed by atoms with Gasteiger partial charge in [0.15, 0.2) is 0 Å². The van der Waals surface area contributed by atoms with Crippen LogP contribution in [-0.4, -0.2) is 25.0 Å². The normalized spacial score (nSPS) is 12.0. The van der Waals surface area contributed by atoms with Crippen molar-refractivity contribution in [1.82, 2.24) is 25.0 Å². The van der Waals surface area contributed by atoms with Gasteiger partial charge >= 0.3 is 6.18 Å². The van der Waals surface area contributed by atoms with Crippen LogP contribution in [0.3, 0.4) is 0 Å². The van der Waals surface area contributed by atoms with Crippen LogP contribution < -0.4 is 0 Å². The number of rotatable bonds is 2. The van der Waals surface area contributed by atoms with E-state index in [1.807, 2.05) is 0 Å². The predicted octanol–water partition coefficient (Wildman–Crippen LogP) is 4.04. The van der Waals surface area contributed by atoms with Crippen molar-refractivity contribution < 1.29 is 13.2 Å². The molecule has 3 heterocycles. The van der Waals surface area contributed by atoms with Crippen LogP contribution in [0.25, 0.3) is 33.4 Å². The van der Waals surface area contributed by atoms with Gasteiger partial charge in [-0.1, -0.05) is 12.1 Å². The number of aromatic amines is 1. The molecule has 0 aliphatic carbocycles. The van der Waals surface area contributed by atoms with Crippen LogP contribution in [0.5, 0.6) is 0 Å². The third-order valence-corrected chi connectivity index (χ3v) is 3.92. The van der Waals surface area contributed by atoms with Gasteiger partial charge in [-0.2, -0.15) is 23.4 Å². The lowest BCUT2D eigenvalue weighted by Gasteiger charge is -2.08. The number of nitrogens with one attached hydrogen (secondary N) is 1. The van der Waals surface area contributed by atoms with Gasteiger partial charge in [-0.05, 0) is 18.2 Å². The third-order valence-electron chi connectivity index (χ3n) is 3.92. The second-order valence-electron chi connectivity index (χ2n) is 5.64. The maximum absolute atomic E-state index is 13.0. The van der Waals surface area contributed by atoms with Crippen molar-refractivity contribution in [3.63, 3.8) is 0 Å². The Morgan fingerprint density at radius 3 is 2.64 bits per heavy atom. The summed E-state index contributed by atoms with van der Waals surface area (Å²) in [4.78, 5) is 4.38. The van der Waals surface area contributed by atoms with Crippen molar-refractivity contribution in [3.8, 4) is 22.5 Å². The standard InChI is InChI=1S/C17H12F3N5/c1-25-9-11(8-22-25)15-14-13(5-6-21-15)23-24-16(14)10-3-2-4-12(7-10)17(18,19)20/h2-9H,1H3,(H,23,24). The molecule has 0 unspecified atom stereocenters. The number of hydrogen-bond acceptors (Lipinski definition) is 3. The molecule has 0 saturated heterocycles. The average molecular weight is 343 g/mol. The van der Waals surface area contributed by atoms with Gasteiger partial charge in [0.05, 0.1) is 28.4 Å². The molecule has 4 rings (SSSR count). The van der Waals surface area contributed by atoms with E-state index >= 15 is 0 Å². The fourth-order valence-corrected chi connectivity index (χ4v) is 2.78. The number of halogens is 3. The van der Waals surface area contributed by atoms with E-state index in [-0.39, 0.29) is 0 Å². The number of H-pyrrole nitrogens is 1. The highest BCUT2D eigenvalue weighted by Crippen LogP contribution is 2.36. The lowest BCUT2D eigenvalue weighted by molar-refractivity contribution is -0.137. The molecule has 0 saturated carbocycles. The molecule has 0 aliphatic rings. The summed E-state index contributed by atoms with van der Waals surface area (Å²) in [6.07, 6.45) is 0.667. The number of nitrogens with zero attached hydrogens (tertiary/aromatic N) is 4. The summed E-state index contributed by atoms with van der Waals surface area (Å²) in [5, 5.41) is 11.9. The number of benzene rings is 1. The molecule has 4 aromatic rings. The number of aryl methyl sites for hydroxylation is 1. The van der Waals surface area contributed by atoms with Gasteiger partial charge in [0, 0.05) is 30.6 Å². The molecule has 0 amide bonds. The van der Waals surface area contributed by atoms with Gasteiger partial charge in [-0.15, -0.1) is 0 Å². The van der Waals surface area contributed by atoms with Gasteiger partial charge < -0.3 is 0 Å². The van der Waals surface area contributed by atoms with Crippen LogP contribution in [-0.2, 0) is 13.2 Å². The van der Waals surface area contributed by atoms with E-state index < -0.39 is 11.7 Å². The first-order valence-corrected chi connectivity index (χ1v) is 7.43. The van der Waals surface area contributed by atoms with E-state index in [0.29, 0.717) is 27.9 Å². The Bertz CT molecular complexity index is 1060. The van der Waals surface area contributed by atoms with Crippen LogP contribution >= 0.6 is 0 Å². The molecule has 126 valence electrons. The second-order valence-corrected chi connectivity index (χ2v) is 5.64. The van der Waals surface area contributed by atoms with Crippen LogP contribution in [0, 0.1) is 0 Å². The first kappa shape index (κ1) is 15.4. The molecule has 0 bridgehead atoms. The summed E-state index contributed by atoms with van der Waals surface area (Å²) in [5.41, 5.74) is 2.16. The lowest BCUT2D eigenvalue weighted by Crippen LogP contribution is -2.04. The summed E-state index contributed by atoms with van der Waals surface area (Å²) in [6, 6.07) is 6.84. The smallest absolute Gasteiger partial charge is 0.277 e.